The van der Waals surface area contributed by atoms with Crippen LogP contribution < -0.4 is 14.8 Å². The molecular formula is C20H26BrClFNO2. The lowest BCUT2D eigenvalue weighted by Gasteiger charge is -2.15. The SMILES string of the molecule is CCCCCNCc1cc(Br)c(OCc2ccc(F)cc2)c(OC)c1.Cl. The lowest BCUT2D eigenvalue weighted by Crippen LogP contribution is -2.14. The first-order valence-electron chi connectivity index (χ1n) is 8.58. The molecule has 0 saturated heterocycles. The number of hydrogen-bond acceptors (Lipinski definition) is 3. The van der Waals surface area contributed by atoms with Gasteiger partial charge >= 0.3 is 0 Å². The van der Waals surface area contributed by atoms with E-state index in [1.807, 2.05) is 12.1 Å². The van der Waals surface area contributed by atoms with E-state index in [2.05, 4.69) is 28.2 Å². The highest BCUT2D eigenvalue weighted by Gasteiger charge is 2.12. The average Bonchev–Trinajstić information content (AvgIpc) is 2.61. The molecule has 0 aliphatic carbocycles. The summed E-state index contributed by atoms with van der Waals surface area (Å²) in [7, 11) is 1.63. The van der Waals surface area contributed by atoms with Crippen molar-refractivity contribution in [2.45, 2.75) is 39.3 Å². The normalized spacial score (nSPS) is 10.3. The Bertz CT molecular complexity index is 668. The minimum Gasteiger partial charge on any atom is -0.493 e. The predicted molar refractivity (Wildman–Crippen MR) is 110 cm³/mol. The fraction of sp³-hybridized carbons (Fsp3) is 0.400. The topological polar surface area (TPSA) is 30.5 Å². The quantitative estimate of drug-likeness (QED) is 0.462. The Morgan fingerprint density at radius 3 is 2.46 bits per heavy atom. The molecule has 0 unspecified atom stereocenters. The van der Waals surface area contributed by atoms with Gasteiger partial charge in [-0.25, -0.2) is 4.39 Å². The summed E-state index contributed by atoms with van der Waals surface area (Å²) in [4.78, 5) is 0. The van der Waals surface area contributed by atoms with Gasteiger partial charge in [0.25, 0.3) is 0 Å². The number of rotatable bonds is 10. The molecule has 0 amide bonds. The molecule has 3 nitrogen and oxygen atoms in total. The van der Waals surface area contributed by atoms with Crippen molar-refractivity contribution in [3.05, 3.63) is 57.8 Å². The summed E-state index contributed by atoms with van der Waals surface area (Å²) in [5.74, 6) is 1.08. The first kappa shape index (κ1) is 22.7. The first-order valence-corrected chi connectivity index (χ1v) is 9.37. The van der Waals surface area contributed by atoms with Crippen LogP contribution in [0.2, 0.25) is 0 Å². The molecule has 144 valence electrons. The highest BCUT2D eigenvalue weighted by Crippen LogP contribution is 2.37. The number of ether oxygens (including phenoxy) is 2. The molecule has 2 rings (SSSR count). The molecule has 0 radical (unpaired) electrons. The molecule has 0 heterocycles. The molecular weight excluding hydrogens is 421 g/mol. The van der Waals surface area contributed by atoms with E-state index in [1.54, 1.807) is 19.2 Å². The minimum atomic E-state index is -0.252. The van der Waals surface area contributed by atoms with E-state index in [9.17, 15) is 4.39 Å². The molecule has 0 atom stereocenters. The zero-order chi connectivity index (χ0) is 18.1. The van der Waals surface area contributed by atoms with Gasteiger partial charge in [0.15, 0.2) is 11.5 Å². The summed E-state index contributed by atoms with van der Waals surface area (Å²) >= 11 is 3.57. The van der Waals surface area contributed by atoms with E-state index >= 15 is 0 Å². The summed E-state index contributed by atoms with van der Waals surface area (Å²) in [5, 5.41) is 3.44. The van der Waals surface area contributed by atoms with E-state index in [4.69, 9.17) is 9.47 Å². The molecule has 0 spiro atoms. The van der Waals surface area contributed by atoms with Crippen molar-refractivity contribution in [2.24, 2.45) is 0 Å². The van der Waals surface area contributed by atoms with E-state index in [0.29, 0.717) is 18.1 Å². The van der Waals surface area contributed by atoms with Crippen LogP contribution in [0.25, 0.3) is 0 Å². The summed E-state index contributed by atoms with van der Waals surface area (Å²) < 4.78 is 25.2. The zero-order valence-corrected chi connectivity index (χ0v) is 17.6. The Hall–Kier alpha value is -1.30. The zero-order valence-electron chi connectivity index (χ0n) is 15.2. The monoisotopic (exact) mass is 445 g/mol. The number of hydrogen-bond donors (Lipinski definition) is 1. The van der Waals surface area contributed by atoms with E-state index in [0.717, 1.165) is 28.7 Å². The van der Waals surface area contributed by atoms with Crippen molar-refractivity contribution in [2.75, 3.05) is 13.7 Å². The second-order valence-electron chi connectivity index (χ2n) is 5.91. The number of unbranched alkanes of at least 4 members (excludes halogenated alkanes) is 2. The van der Waals surface area contributed by atoms with Gasteiger partial charge in [-0.05, 0) is 64.3 Å². The molecule has 1 N–H and O–H groups in total. The molecule has 2 aromatic rings. The molecule has 6 heteroatoms. The lowest BCUT2D eigenvalue weighted by molar-refractivity contribution is 0.282. The molecule has 0 aliphatic rings. The van der Waals surface area contributed by atoms with Crippen molar-refractivity contribution in [3.8, 4) is 11.5 Å². The van der Waals surface area contributed by atoms with Gasteiger partial charge in [-0.1, -0.05) is 31.9 Å². The van der Waals surface area contributed by atoms with Gasteiger partial charge in [-0.2, -0.15) is 0 Å². The predicted octanol–water partition coefficient (Wildman–Crippen LogP) is 5.88. The third-order valence-electron chi connectivity index (χ3n) is 3.87. The summed E-state index contributed by atoms with van der Waals surface area (Å²) in [6, 6.07) is 10.3. The molecule has 2 aromatic carbocycles. The molecule has 0 aromatic heterocycles. The second-order valence-corrected chi connectivity index (χ2v) is 6.76. The molecule has 0 aliphatic heterocycles. The third kappa shape index (κ3) is 7.14. The van der Waals surface area contributed by atoms with Crippen molar-refractivity contribution < 1.29 is 13.9 Å². The van der Waals surface area contributed by atoms with E-state index < -0.39 is 0 Å². The van der Waals surface area contributed by atoms with Crippen molar-refractivity contribution >= 4 is 28.3 Å². The van der Waals surface area contributed by atoms with Crippen LogP contribution in [-0.2, 0) is 13.2 Å². The van der Waals surface area contributed by atoms with Gasteiger partial charge in [-0.15, -0.1) is 12.4 Å². The van der Waals surface area contributed by atoms with Crippen molar-refractivity contribution in [1.82, 2.24) is 5.32 Å². The van der Waals surface area contributed by atoms with Crippen LogP contribution in [0.4, 0.5) is 4.39 Å². The van der Waals surface area contributed by atoms with Crippen LogP contribution in [0.1, 0.15) is 37.3 Å². The van der Waals surface area contributed by atoms with Crippen LogP contribution in [0.15, 0.2) is 40.9 Å². The maximum Gasteiger partial charge on any atom is 0.175 e. The standard InChI is InChI=1S/C20H25BrFNO2.ClH/c1-3-4-5-10-23-13-16-11-18(21)20(19(12-16)24-2)25-14-15-6-8-17(22)9-7-15;/h6-9,11-12,23H,3-5,10,13-14H2,1-2H3;1H. The Kier molecular flexibility index (Phi) is 10.6. The van der Waals surface area contributed by atoms with Crippen molar-refractivity contribution in [1.29, 1.82) is 0 Å². The fourth-order valence-corrected chi connectivity index (χ4v) is 3.09. The van der Waals surface area contributed by atoms with Gasteiger partial charge in [0.2, 0.25) is 0 Å². The largest absolute Gasteiger partial charge is 0.493 e. The van der Waals surface area contributed by atoms with Gasteiger partial charge < -0.3 is 14.8 Å². The van der Waals surface area contributed by atoms with Crippen LogP contribution in [0, 0.1) is 5.82 Å². The van der Waals surface area contributed by atoms with E-state index in [1.165, 1.54) is 31.4 Å². The molecule has 0 fully saturated rings. The summed E-state index contributed by atoms with van der Waals surface area (Å²) in [6.45, 7) is 4.35. The average molecular weight is 447 g/mol. The molecule has 26 heavy (non-hydrogen) atoms. The van der Waals surface area contributed by atoms with Gasteiger partial charge in [0.1, 0.15) is 12.4 Å². The summed E-state index contributed by atoms with van der Waals surface area (Å²) in [6.07, 6.45) is 3.66. The Morgan fingerprint density at radius 1 is 1.08 bits per heavy atom. The molecule has 0 bridgehead atoms. The van der Waals surface area contributed by atoms with Crippen LogP contribution in [0.3, 0.4) is 0 Å². The summed E-state index contributed by atoms with van der Waals surface area (Å²) in [5.41, 5.74) is 2.03. The smallest absolute Gasteiger partial charge is 0.175 e. The van der Waals surface area contributed by atoms with Crippen LogP contribution in [0.5, 0.6) is 11.5 Å². The van der Waals surface area contributed by atoms with Crippen LogP contribution >= 0.6 is 28.3 Å². The Labute approximate surface area is 169 Å². The number of methoxy groups -OCH3 is 1. The Balaban J connectivity index is 0.00000338. The fourth-order valence-electron chi connectivity index (χ4n) is 2.48. The number of nitrogens with one attached hydrogen (secondary N) is 1. The maximum absolute atomic E-state index is 13.0. The Morgan fingerprint density at radius 2 is 1.81 bits per heavy atom. The maximum atomic E-state index is 13.0. The number of benzene rings is 2. The van der Waals surface area contributed by atoms with Gasteiger partial charge in [-0.3, -0.25) is 0 Å². The second kappa shape index (κ2) is 12.2. The van der Waals surface area contributed by atoms with Crippen LogP contribution in [-0.4, -0.2) is 13.7 Å². The lowest BCUT2D eigenvalue weighted by atomic mass is 10.2. The highest BCUT2D eigenvalue weighted by atomic mass is 79.9. The van der Waals surface area contributed by atoms with Gasteiger partial charge in [0.05, 0.1) is 11.6 Å². The van der Waals surface area contributed by atoms with Crippen molar-refractivity contribution in [3.63, 3.8) is 0 Å². The third-order valence-corrected chi connectivity index (χ3v) is 4.46. The first-order chi connectivity index (χ1) is 12.1. The van der Waals surface area contributed by atoms with E-state index in [-0.39, 0.29) is 18.2 Å². The highest BCUT2D eigenvalue weighted by molar-refractivity contribution is 9.10. The minimum absolute atomic E-state index is 0. The van der Waals surface area contributed by atoms with Gasteiger partial charge in [0, 0.05) is 6.54 Å². The number of halogens is 3. The molecule has 0 saturated carbocycles.